The first-order valence-corrected chi connectivity index (χ1v) is 6.03. The van der Waals surface area contributed by atoms with Crippen LogP contribution in [0.15, 0.2) is 36.5 Å². The van der Waals surface area contributed by atoms with E-state index < -0.39 is 6.43 Å². The van der Waals surface area contributed by atoms with Crippen LogP contribution in [-0.4, -0.2) is 14.8 Å². The molecule has 2 heterocycles. The van der Waals surface area contributed by atoms with Crippen molar-refractivity contribution in [1.82, 2.24) is 14.8 Å². The maximum atomic E-state index is 13.2. The van der Waals surface area contributed by atoms with Crippen molar-refractivity contribution in [3.05, 3.63) is 42.1 Å². The van der Waals surface area contributed by atoms with Crippen molar-refractivity contribution >= 4 is 16.7 Å². The summed E-state index contributed by atoms with van der Waals surface area (Å²) in [6.07, 6.45) is -1.16. The number of aromatic nitrogens is 3. The quantitative estimate of drug-likeness (QED) is 0.730. The maximum Gasteiger partial charge on any atom is 0.264 e. The van der Waals surface area contributed by atoms with Gasteiger partial charge in [-0.05, 0) is 18.2 Å². The van der Waals surface area contributed by atoms with Gasteiger partial charge in [0.25, 0.3) is 6.43 Å². The lowest BCUT2D eigenvalue weighted by Gasteiger charge is -2.07. The molecule has 0 unspecified atom stereocenters. The molecule has 6 heteroatoms. The molecule has 1 aromatic carbocycles. The number of benzene rings is 1. The Morgan fingerprint density at radius 2 is 1.90 bits per heavy atom. The Kier molecular flexibility index (Phi) is 2.85. The molecule has 2 N–H and O–H groups in total. The van der Waals surface area contributed by atoms with Crippen molar-refractivity contribution in [3.8, 4) is 11.3 Å². The van der Waals surface area contributed by atoms with Gasteiger partial charge in [0.05, 0.1) is 11.9 Å². The smallest absolute Gasteiger partial charge is 0.264 e. The molecule has 0 atom stereocenters. The molecule has 3 rings (SSSR count). The number of alkyl halides is 2. The Morgan fingerprint density at radius 3 is 2.55 bits per heavy atom. The van der Waals surface area contributed by atoms with E-state index in [0.29, 0.717) is 22.4 Å². The van der Waals surface area contributed by atoms with Crippen molar-refractivity contribution in [2.45, 2.75) is 6.43 Å². The molecule has 0 spiro atoms. The van der Waals surface area contributed by atoms with E-state index in [1.807, 2.05) is 0 Å². The lowest BCUT2D eigenvalue weighted by molar-refractivity contribution is 0.153. The highest BCUT2D eigenvalue weighted by Gasteiger charge is 2.17. The first-order valence-electron chi connectivity index (χ1n) is 6.03. The summed E-state index contributed by atoms with van der Waals surface area (Å²) in [4.78, 5) is 4.40. The second-order valence-electron chi connectivity index (χ2n) is 4.52. The van der Waals surface area contributed by atoms with Crippen LogP contribution < -0.4 is 5.73 Å². The molecular formula is C14H12F2N4. The average molecular weight is 274 g/mol. The molecule has 2 aromatic heterocycles. The van der Waals surface area contributed by atoms with E-state index in [1.54, 1.807) is 31.3 Å². The number of aryl methyl sites for hydroxylation is 1. The molecule has 0 aliphatic rings. The van der Waals surface area contributed by atoms with Crippen molar-refractivity contribution in [3.63, 3.8) is 0 Å². The van der Waals surface area contributed by atoms with E-state index in [4.69, 9.17) is 5.73 Å². The number of hydrogen-bond acceptors (Lipinski definition) is 3. The van der Waals surface area contributed by atoms with E-state index >= 15 is 0 Å². The van der Waals surface area contributed by atoms with Gasteiger partial charge in [-0.3, -0.25) is 4.68 Å². The number of hydrogen-bond donors (Lipinski definition) is 1. The van der Waals surface area contributed by atoms with Crippen LogP contribution in [-0.2, 0) is 7.05 Å². The average Bonchev–Trinajstić information content (AvgIpc) is 2.80. The third kappa shape index (κ3) is 1.99. The predicted octanol–water partition coefficient (Wildman–Crippen LogP) is 3.16. The molecule has 0 amide bonds. The van der Waals surface area contributed by atoms with E-state index in [9.17, 15) is 8.78 Å². The van der Waals surface area contributed by atoms with Crippen LogP contribution in [0.1, 0.15) is 12.0 Å². The third-order valence-corrected chi connectivity index (χ3v) is 3.18. The highest BCUT2D eigenvalue weighted by atomic mass is 19.3. The highest BCUT2D eigenvalue weighted by molar-refractivity contribution is 5.82. The topological polar surface area (TPSA) is 56.7 Å². The summed E-state index contributed by atoms with van der Waals surface area (Å²) in [5.41, 5.74) is 7.84. The number of rotatable bonds is 2. The summed E-state index contributed by atoms with van der Waals surface area (Å²) < 4.78 is 27.9. The minimum Gasteiger partial charge on any atom is -0.399 e. The molecule has 3 aromatic rings. The van der Waals surface area contributed by atoms with Gasteiger partial charge in [-0.2, -0.15) is 5.10 Å². The molecule has 0 aliphatic carbocycles. The van der Waals surface area contributed by atoms with Gasteiger partial charge < -0.3 is 5.73 Å². The van der Waals surface area contributed by atoms with E-state index in [0.717, 1.165) is 5.56 Å². The number of fused-ring (bicyclic) bond motifs is 1. The SMILES string of the molecule is Cn1ncc2c(C(F)F)cc(-c3ccc(N)cc3)nc21. The Balaban J connectivity index is 2.26. The van der Waals surface area contributed by atoms with Gasteiger partial charge in [0, 0.05) is 29.2 Å². The van der Waals surface area contributed by atoms with Crippen LogP contribution in [0, 0.1) is 0 Å². The normalized spacial score (nSPS) is 11.4. The molecule has 0 radical (unpaired) electrons. The minimum absolute atomic E-state index is 0.0603. The van der Waals surface area contributed by atoms with Crippen LogP contribution in [0.3, 0.4) is 0 Å². The first-order chi connectivity index (χ1) is 9.56. The number of pyridine rings is 1. The molecule has 4 nitrogen and oxygen atoms in total. The second-order valence-corrected chi connectivity index (χ2v) is 4.52. The minimum atomic E-state index is -2.57. The zero-order valence-electron chi connectivity index (χ0n) is 10.7. The molecular weight excluding hydrogens is 262 g/mol. The fourth-order valence-corrected chi connectivity index (χ4v) is 2.12. The summed E-state index contributed by atoms with van der Waals surface area (Å²) >= 11 is 0. The standard InChI is InChI=1S/C14H12F2N4/c1-20-14-11(7-18-20)10(13(15)16)6-12(19-14)8-2-4-9(17)5-3-8/h2-7,13H,17H2,1H3. The van der Waals surface area contributed by atoms with Crippen molar-refractivity contribution in [2.24, 2.45) is 7.05 Å². The number of nitrogens with two attached hydrogens (primary N) is 1. The van der Waals surface area contributed by atoms with Crippen molar-refractivity contribution in [2.75, 3.05) is 5.73 Å². The lowest BCUT2D eigenvalue weighted by Crippen LogP contribution is -1.96. The van der Waals surface area contributed by atoms with Gasteiger partial charge in [-0.1, -0.05) is 12.1 Å². The predicted molar refractivity (Wildman–Crippen MR) is 73.3 cm³/mol. The molecule has 0 bridgehead atoms. The summed E-state index contributed by atoms with van der Waals surface area (Å²) in [6.45, 7) is 0. The van der Waals surface area contributed by atoms with Gasteiger partial charge in [-0.25, -0.2) is 13.8 Å². The van der Waals surface area contributed by atoms with Crippen LogP contribution in [0.4, 0.5) is 14.5 Å². The fourth-order valence-electron chi connectivity index (χ4n) is 2.12. The van der Waals surface area contributed by atoms with Gasteiger partial charge >= 0.3 is 0 Å². The Hall–Kier alpha value is -2.50. The molecule has 0 aliphatic heterocycles. The van der Waals surface area contributed by atoms with Crippen LogP contribution in [0.5, 0.6) is 0 Å². The maximum absolute atomic E-state index is 13.2. The van der Waals surface area contributed by atoms with Gasteiger partial charge in [0.2, 0.25) is 0 Å². The molecule has 102 valence electrons. The first kappa shape index (κ1) is 12.5. The highest BCUT2D eigenvalue weighted by Crippen LogP contribution is 2.31. The fraction of sp³-hybridized carbons (Fsp3) is 0.143. The van der Waals surface area contributed by atoms with Crippen LogP contribution >= 0.6 is 0 Å². The van der Waals surface area contributed by atoms with Gasteiger partial charge in [0.1, 0.15) is 0 Å². The van der Waals surface area contributed by atoms with Crippen molar-refractivity contribution < 1.29 is 8.78 Å². The third-order valence-electron chi connectivity index (χ3n) is 3.18. The number of nitrogen functional groups attached to an aromatic ring is 1. The van der Waals surface area contributed by atoms with Crippen LogP contribution in [0.2, 0.25) is 0 Å². The van der Waals surface area contributed by atoms with E-state index in [-0.39, 0.29) is 5.56 Å². The second kappa shape index (κ2) is 4.56. The largest absolute Gasteiger partial charge is 0.399 e. The summed E-state index contributed by atoms with van der Waals surface area (Å²) in [5, 5.41) is 4.37. The van der Waals surface area contributed by atoms with Crippen LogP contribution in [0.25, 0.3) is 22.3 Å². The Labute approximate surface area is 113 Å². The molecule has 0 fully saturated rings. The number of nitrogens with zero attached hydrogens (tertiary/aromatic N) is 3. The monoisotopic (exact) mass is 274 g/mol. The number of halogens is 2. The lowest BCUT2D eigenvalue weighted by atomic mass is 10.1. The summed E-state index contributed by atoms with van der Waals surface area (Å²) in [7, 11) is 1.68. The van der Waals surface area contributed by atoms with Gasteiger partial charge in [0.15, 0.2) is 5.65 Å². The summed E-state index contributed by atoms with van der Waals surface area (Å²) in [6, 6.07) is 8.35. The van der Waals surface area contributed by atoms with E-state index in [1.165, 1.54) is 16.9 Å². The van der Waals surface area contributed by atoms with Gasteiger partial charge in [-0.15, -0.1) is 0 Å². The Bertz CT molecular complexity index is 763. The summed E-state index contributed by atoms with van der Waals surface area (Å²) in [5.74, 6) is 0. The Morgan fingerprint density at radius 1 is 1.20 bits per heavy atom. The molecule has 20 heavy (non-hydrogen) atoms. The zero-order valence-corrected chi connectivity index (χ0v) is 10.7. The van der Waals surface area contributed by atoms with E-state index in [2.05, 4.69) is 10.1 Å². The molecule has 0 saturated heterocycles. The van der Waals surface area contributed by atoms with Crippen molar-refractivity contribution in [1.29, 1.82) is 0 Å². The number of anilines is 1. The molecule has 0 saturated carbocycles. The zero-order chi connectivity index (χ0) is 14.3.